The zero-order valence-electron chi connectivity index (χ0n) is 8.92. The van der Waals surface area contributed by atoms with Crippen LogP contribution in [0.2, 0.25) is 0 Å². The van der Waals surface area contributed by atoms with Gasteiger partial charge in [-0.25, -0.2) is 0 Å². The minimum Gasteiger partial charge on any atom is -0.384 e. The summed E-state index contributed by atoms with van der Waals surface area (Å²) in [6.07, 6.45) is 4.93. The highest BCUT2D eigenvalue weighted by molar-refractivity contribution is 7.99. The second-order valence-corrected chi connectivity index (χ2v) is 4.56. The van der Waals surface area contributed by atoms with E-state index in [1.165, 1.54) is 23.5 Å². The molecule has 3 heteroatoms. The predicted molar refractivity (Wildman–Crippen MR) is 65.1 cm³/mol. The Hall–Kier alpha value is -0.700. The monoisotopic (exact) mass is 210 g/mol. The molecule has 0 bridgehead atoms. The molecule has 0 aliphatic heterocycles. The molecule has 0 spiro atoms. The van der Waals surface area contributed by atoms with Crippen LogP contribution in [0.4, 0.5) is 5.69 Å². The Balaban J connectivity index is 2.21. The fourth-order valence-electron chi connectivity index (χ4n) is 1.19. The molecule has 0 amide bonds. The second-order valence-electron chi connectivity index (χ2n) is 3.17. The number of rotatable bonds is 6. The Labute approximate surface area is 90.5 Å². The molecule has 1 aromatic rings. The van der Waals surface area contributed by atoms with Gasteiger partial charge < -0.3 is 5.32 Å². The van der Waals surface area contributed by atoms with Crippen LogP contribution >= 0.6 is 11.8 Å². The third kappa shape index (κ3) is 4.01. The number of hydrogen-bond donors (Lipinski definition) is 1. The molecule has 1 heterocycles. The molecule has 0 aromatic carbocycles. The van der Waals surface area contributed by atoms with Gasteiger partial charge in [0.15, 0.2) is 0 Å². The van der Waals surface area contributed by atoms with Crippen LogP contribution in [0.15, 0.2) is 18.5 Å². The molecule has 0 unspecified atom stereocenters. The topological polar surface area (TPSA) is 24.9 Å². The molecule has 0 saturated heterocycles. The van der Waals surface area contributed by atoms with Crippen molar-refractivity contribution < 1.29 is 0 Å². The van der Waals surface area contributed by atoms with Gasteiger partial charge in [0.05, 0.1) is 11.9 Å². The van der Waals surface area contributed by atoms with Gasteiger partial charge in [0.1, 0.15) is 0 Å². The quantitative estimate of drug-likeness (QED) is 0.731. The van der Waals surface area contributed by atoms with E-state index in [1.807, 2.05) is 30.2 Å². The zero-order valence-corrected chi connectivity index (χ0v) is 9.73. The Bertz CT molecular complexity index is 263. The maximum Gasteiger partial charge on any atom is 0.0556 e. The SMILES string of the molecule is CCSCCCNc1cnccc1C. The van der Waals surface area contributed by atoms with Gasteiger partial charge >= 0.3 is 0 Å². The van der Waals surface area contributed by atoms with Gasteiger partial charge in [0.25, 0.3) is 0 Å². The maximum absolute atomic E-state index is 4.09. The molecule has 0 atom stereocenters. The van der Waals surface area contributed by atoms with Crippen LogP contribution in [0, 0.1) is 6.92 Å². The second kappa shape index (κ2) is 6.71. The van der Waals surface area contributed by atoms with E-state index in [0.717, 1.165) is 12.2 Å². The van der Waals surface area contributed by atoms with Crippen LogP contribution in [0.1, 0.15) is 18.9 Å². The maximum atomic E-state index is 4.09. The van der Waals surface area contributed by atoms with E-state index in [1.54, 1.807) is 0 Å². The van der Waals surface area contributed by atoms with Crippen molar-refractivity contribution in [2.45, 2.75) is 20.3 Å². The third-order valence-electron chi connectivity index (χ3n) is 2.02. The van der Waals surface area contributed by atoms with Gasteiger partial charge in [-0.2, -0.15) is 11.8 Å². The van der Waals surface area contributed by atoms with Crippen molar-refractivity contribution >= 4 is 17.4 Å². The lowest BCUT2D eigenvalue weighted by molar-refractivity contribution is 0.986. The first-order chi connectivity index (χ1) is 6.84. The number of pyridine rings is 1. The van der Waals surface area contributed by atoms with E-state index in [9.17, 15) is 0 Å². The molecule has 1 aromatic heterocycles. The minimum atomic E-state index is 1.04. The van der Waals surface area contributed by atoms with E-state index in [0.29, 0.717) is 0 Å². The van der Waals surface area contributed by atoms with Crippen molar-refractivity contribution in [2.24, 2.45) is 0 Å². The lowest BCUT2D eigenvalue weighted by Crippen LogP contribution is -2.04. The number of nitrogens with one attached hydrogen (secondary N) is 1. The van der Waals surface area contributed by atoms with E-state index < -0.39 is 0 Å². The molecular weight excluding hydrogens is 192 g/mol. The van der Waals surface area contributed by atoms with Gasteiger partial charge in [-0.05, 0) is 36.5 Å². The van der Waals surface area contributed by atoms with Crippen molar-refractivity contribution in [3.8, 4) is 0 Å². The van der Waals surface area contributed by atoms with Crippen LogP contribution < -0.4 is 5.32 Å². The zero-order chi connectivity index (χ0) is 10.2. The largest absolute Gasteiger partial charge is 0.384 e. The first kappa shape index (κ1) is 11.4. The fraction of sp³-hybridized carbons (Fsp3) is 0.545. The number of aryl methyl sites for hydroxylation is 1. The summed E-state index contributed by atoms with van der Waals surface area (Å²) in [5.74, 6) is 2.45. The molecule has 14 heavy (non-hydrogen) atoms. The molecule has 2 nitrogen and oxygen atoms in total. The Morgan fingerprint density at radius 1 is 1.50 bits per heavy atom. The molecule has 1 N–H and O–H groups in total. The van der Waals surface area contributed by atoms with Gasteiger partial charge in [-0.3, -0.25) is 4.98 Å². The highest BCUT2D eigenvalue weighted by atomic mass is 32.2. The summed E-state index contributed by atoms with van der Waals surface area (Å²) in [6.45, 7) is 5.34. The lowest BCUT2D eigenvalue weighted by Gasteiger charge is -2.07. The Morgan fingerprint density at radius 3 is 3.07 bits per heavy atom. The molecule has 78 valence electrons. The lowest BCUT2D eigenvalue weighted by atomic mass is 10.2. The summed E-state index contributed by atoms with van der Waals surface area (Å²) in [7, 11) is 0. The molecule has 1 rings (SSSR count). The molecule has 0 saturated carbocycles. The standard InChI is InChI=1S/C11H18N2S/c1-3-14-8-4-6-13-11-9-12-7-5-10(11)2/h5,7,9,13H,3-4,6,8H2,1-2H3. The van der Waals surface area contributed by atoms with Gasteiger partial charge in [0.2, 0.25) is 0 Å². The molecule has 0 aliphatic carbocycles. The third-order valence-corrected chi connectivity index (χ3v) is 3.01. The van der Waals surface area contributed by atoms with Crippen LogP contribution in [0.5, 0.6) is 0 Å². The molecular formula is C11H18N2S. The molecule has 0 radical (unpaired) electrons. The average molecular weight is 210 g/mol. The number of anilines is 1. The number of nitrogens with zero attached hydrogens (tertiary/aromatic N) is 1. The van der Waals surface area contributed by atoms with Gasteiger partial charge in [0, 0.05) is 12.7 Å². The fourth-order valence-corrected chi connectivity index (χ4v) is 1.83. The van der Waals surface area contributed by atoms with Crippen LogP contribution in [-0.4, -0.2) is 23.0 Å². The summed E-state index contributed by atoms with van der Waals surface area (Å²) in [4.78, 5) is 4.09. The summed E-state index contributed by atoms with van der Waals surface area (Å²) in [5, 5.41) is 3.40. The summed E-state index contributed by atoms with van der Waals surface area (Å²) in [6, 6.07) is 2.03. The van der Waals surface area contributed by atoms with Gasteiger partial charge in [-0.15, -0.1) is 0 Å². The number of aromatic nitrogens is 1. The van der Waals surface area contributed by atoms with Crippen molar-refractivity contribution in [1.82, 2.24) is 4.98 Å². The Kier molecular flexibility index (Phi) is 5.45. The van der Waals surface area contributed by atoms with E-state index in [4.69, 9.17) is 0 Å². The first-order valence-corrected chi connectivity index (χ1v) is 6.22. The first-order valence-electron chi connectivity index (χ1n) is 5.07. The molecule has 0 fully saturated rings. The predicted octanol–water partition coefficient (Wildman–Crippen LogP) is 2.95. The Morgan fingerprint density at radius 2 is 2.36 bits per heavy atom. The smallest absolute Gasteiger partial charge is 0.0556 e. The van der Waals surface area contributed by atoms with E-state index in [-0.39, 0.29) is 0 Å². The highest BCUT2D eigenvalue weighted by Crippen LogP contribution is 2.11. The molecule has 0 aliphatic rings. The van der Waals surface area contributed by atoms with Crippen LogP contribution in [0.3, 0.4) is 0 Å². The van der Waals surface area contributed by atoms with Crippen molar-refractivity contribution in [1.29, 1.82) is 0 Å². The van der Waals surface area contributed by atoms with E-state index in [2.05, 4.69) is 24.1 Å². The highest BCUT2D eigenvalue weighted by Gasteiger charge is 1.95. The van der Waals surface area contributed by atoms with Crippen LogP contribution in [-0.2, 0) is 0 Å². The minimum absolute atomic E-state index is 1.04. The van der Waals surface area contributed by atoms with Crippen LogP contribution in [0.25, 0.3) is 0 Å². The van der Waals surface area contributed by atoms with Crippen molar-refractivity contribution in [2.75, 3.05) is 23.4 Å². The number of hydrogen-bond acceptors (Lipinski definition) is 3. The van der Waals surface area contributed by atoms with Gasteiger partial charge in [-0.1, -0.05) is 6.92 Å². The summed E-state index contributed by atoms with van der Waals surface area (Å²) in [5.41, 5.74) is 2.43. The normalized spacial score (nSPS) is 10.1. The van der Waals surface area contributed by atoms with Crippen molar-refractivity contribution in [3.63, 3.8) is 0 Å². The van der Waals surface area contributed by atoms with E-state index >= 15 is 0 Å². The number of thioether (sulfide) groups is 1. The summed E-state index contributed by atoms with van der Waals surface area (Å²) >= 11 is 1.99. The van der Waals surface area contributed by atoms with Crippen molar-refractivity contribution in [3.05, 3.63) is 24.0 Å². The average Bonchev–Trinajstić information content (AvgIpc) is 2.20. The summed E-state index contributed by atoms with van der Waals surface area (Å²) < 4.78 is 0.